The summed E-state index contributed by atoms with van der Waals surface area (Å²) in [4.78, 5) is 27.9. The number of hydrogen-bond acceptors (Lipinski definition) is 7. The Kier molecular flexibility index (Phi) is 4.27. The molecule has 0 N–H and O–H groups in total. The van der Waals surface area contributed by atoms with Gasteiger partial charge in [0.1, 0.15) is 4.88 Å². The summed E-state index contributed by atoms with van der Waals surface area (Å²) in [6.45, 7) is 3.25. The van der Waals surface area contributed by atoms with Gasteiger partial charge in [-0.25, -0.2) is 4.98 Å². The smallest absolute Gasteiger partial charge is 0.265 e. The number of pyridine rings is 1. The Labute approximate surface area is 148 Å². The lowest BCUT2D eigenvalue weighted by Crippen LogP contribution is -2.38. The van der Waals surface area contributed by atoms with Gasteiger partial charge in [0.25, 0.3) is 11.8 Å². The molecule has 1 amide bonds. The lowest BCUT2D eigenvalue weighted by Gasteiger charge is -2.30. The Morgan fingerprint density at radius 2 is 2.20 bits per heavy atom. The molecule has 0 aliphatic carbocycles. The van der Waals surface area contributed by atoms with Crippen LogP contribution in [0.1, 0.15) is 39.9 Å². The van der Waals surface area contributed by atoms with Crippen LogP contribution in [0, 0.1) is 6.92 Å². The molecule has 0 saturated carbocycles. The van der Waals surface area contributed by atoms with Crippen molar-refractivity contribution in [1.29, 1.82) is 0 Å². The Morgan fingerprint density at radius 3 is 2.88 bits per heavy atom. The summed E-state index contributed by atoms with van der Waals surface area (Å²) in [6, 6.07) is 3.73. The average molecular weight is 355 g/mol. The molecule has 1 aliphatic rings. The molecule has 0 atom stereocenters. The number of carbonyl (C=O) groups excluding carboxylic acids is 1. The maximum absolute atomic E-state index is 12.6. The monoisotopic (exact) mass is 355 g/mol. The van der Waals surface area contributed by atoms with Gasteiger partial charge in [0, 0.05) is 31.4 Å². The van der Waals surface area contributed by atoms with Gasteiger partial charge in [-0.3, -0.25) is 9.78 Å². The molecule has 8 heteroatoms. The van der Waals surface area contributed by atoms with Crippen molar-refractivity contribution in [3.63, 3.8) is 0 Å². The summed E-state index contributed by atoms with van der Waals surface area (Å²) in [5.41, 5.74) is 3.33. The van der Waals surface area contributed by atoms with Gasteiger partial charge in [0.2, 0.25) is 0 Å². The fourth-order valence-electron chi connectivity index (χ4n) is 3.00. The Bertz CT molecular complexity index is 868. The highest BCUT2D eigenvalue weighted by atomic mass is 32.1. The van der Waals surface area contributed by atoms with E-state index in [9.17, 15) is 4.79 Å². The number of thiazole rings is 1. The Hall–Kier alpha value is -2.61. The van der Waals surface area contributed by atoms with Gasteiger partial charge in [0.05, 0.1) is 16.8 Å². The third-order valence-corrected chi connectivity index (χ3v) is 5.35. The van der Waals surface area contributed by atoms with E-state index in [0.717, 1.165) is 29.0 Å². The third-order valence-electron chi connectivity index (χ3n) is 4.44. The van der Waals surface area contributed by atoms with Crippen LogP contribution in [-0.2, 0) is 0 Å². The van der Waals surface area contributed by atoms with Gasteiger partial charge >= 0.3 is 0 Å². The van der Waals surface area contributed by atoms with Crippen LogP contribution in [0.5, 0.6) is 0 Å². The summed E-state index contributed by atoms with van der Waals surface area (Å²) < 4.78 is 5.36. The molecule has 4 rings (SSSR count). The number of nitrogens with zero attached hydrogens (tertiary/aromatic N) is 5. The number of rotatable bonds is 3. The van der Waals surface area contributed by atoms with Crippen molar-refractivity contribution in [2.24, 2.45) is 0 Å². The summed E-state index contributed by atoms with van der Waals surface area (Å²) >= 11 is 1.40. The number of piperidine rings is 1. The molecule has 1 aliphatic heterocycles. The molecular weight excluding hydrogens is 338 g/mol. The molecule has 0 spiro atoms. The van der Waals surface area contributed by atoms with Crippen LogP contribution < -0.4 is 0 Å². The standard InChI is InChI=1S/C17H17N5O2S/c1-11-14(25-10-19-11)17(23)22-7-4-12(5-8-22)15-20-16(24-21-15)13-3-2-6-18-9-13/h2-3,6,9-10,12H,4-5,7-8H2,1H3. The maximum atomic E-state index is 12.6. The van der Waals surface area contributed by atoms with Gasteiger partial charge < -0.3 is 9.42 Å². The molecule has 1 saturated heterocycles. The SMILES string of the molecule is Cc1ncsc1C(=O)N1CCC(c2noc(-c3cccnc3)n2)CC1. The predicted octanol–water partition coefficient (Wildman–Crippen LogP) is 2.92. The molecule has 0 radical (unpaired) electrons. The number of hydrogen-bond donors (Lipinski definition) is 0. The summed E-state index contributed by atoms with van der Waals surface area (Å²) in [5.74, 6) is 1.48. The topological polar surface area (TPSA) is 85.0 Å². The highest BCUT2D eigenvalue weighted by molar-refractivity contribution is 7.11. The van der Waals surface area contributed by atoms with Crippen molar-refractivity contribution in [2.45, 2.75) is 25.7 Å². The number of aromatic nitrogens is 4. The zero-order valence-electron chi connectivity index (χ0n) is 13.8. The van der Waals surface area contributed by atoms with Crippen molar-refractivity contribution >= 4 is 17.2 Å². The van der Waals surface area contributed by atoms with Crippen LogP contribution in [0.25, 0.3) is 11.5 Å². The highest BCUT2D eigenvalue weighted by Gasteiger charge is 2.28. The van der Waals surface area contributed by atoms with Crippen LogP contribution in [0.4, 0.5) is 0 Å². The van der Waals surface area contributed by atoms with Crippen molar-refractivity contribution < 1.29 is 9.32 Å². The lowest BCUT2D eigenvalue weighted by molar-refractivity contribution is 0.0714. The van der Waals surface area contributed by atoms with E-state index in [4.69, 9.17) is 4.52 Å². The lowest BCUT2D eigenvalue weighted by atomic mass is 9.96. The van der Waals surface area contributed by atoms with Crippen molar-refractivity contribution in [2.75, 3.05) is 13.1 Å². The predicted molar refractivity (Wildman–Crippen MR) is 92.3 cm³/mol. The molecule has 4 heterocycles. The third kappa shape index (κ3) is 3.17. The van der Waals surface area contributed by atoms with Gasteiger partial charge in [-0.1, -0.05) is 5.16 Å². The van der Waals surface area contributed by atoms with Crippen LogP contribution in [-0.4, -0.2) is 44.0 Å². The molecule has 0 bridgehead atoms. The van der Waals surface area contributed by atoms with E-state index in [0.29, 0.717) is 24.8 Å². The van der Waals surface area contributed by atoms with Crippen LogP contribution >= 0.6 is 11.3 Å². The van der Waals surface area contributed by atoms with Crippen molar-refractivity contribution in [3.05, 3.63) is 46.4 Å². The number of likely N-dealkylation sites (tertiary alicyclic amines) is 1. The Balaban J connectivity index is 1.42. The first-order chi connectivity index (χ1) is 12.2. The minimum atomic E-state index is 0.0719. The first kappa shape index (κ1) is 15.9. The number of amides is 1. The van der Waals surface area contributed by atoms with Crippen LogP contribution in [0.15, 0.2) is 34.6 Å². The molecule has 3 aromatic heterocycles. The molecule has 3 aromatic rings. The molecular formula is C17H17N5O2S. The van der Waals surface area contributed by atoms with Crippen molar-refractivity contribution in [3.8, 4) is 11.5 Å². The molecule has 0 unspecified atom stereocenters. The number of aryl methyl sites for hydroxylation is 1. The minimum absolute atomic E-state index is 0.0719. The summed E-state index contributed by atoms with van der Waals surface area (Å²) in [6.07, 6.45) is 5.07. The van der Waals surface area contributed by atoms with Crippen LogP contribution in [0.3, 0.4) is 0 Å². The zero-order valence-corrected chi connectivity index (χ0v) is 14.6. The maximum Gasteiger partial charge on any atom is 0.265 e. The normalized spacial score (nSPS) is 15.5. The van der Waals surface area contributed by atoms with Gasteiger partial charge in [0.15, 0.2) is 5.82 Å². The van der Waals surface area contributed by atoms with E-state index >= 15 is 0 Å². The van der Waals surface area contributed by atoms with Crippen LogP contribution in [0.2, 0.25) is 0 Å². The second kappa shape index (κ2) is 6.72. The molecule has 0 aromatic carbocycles. The molecule has 128 valence electrons. The van der Waals surface area contributed by atoms with E-state index < -0.39 is 0 Å². The molecule has 7 nitrogen and oxygen atoms in total. The quantitative estimate of drug-likeness (QED) is 0.718. The van der Waals surface area contributed by atoms with E-state index in [1.807, 2.05) is 24.0 Å². The van der Waals surface area contributed by atoms with E-state index in [1.54, 1.807) is 17.9 Å². The van der Waals surface area contributed by atoms with Gasteiger partial charge in [-0.05, 0) is 31.9 Å². The van der Waals surface area contributed by atoms with E-state index in [2.05, 4.69) is 20.1 Å². The average Bonchev–Trinajstić information content (AvgIpc) is 3.31. The highest BCUT2D eigenvalue weighted by Crippen LogP contribution is 2.29. The first-order valence-electron chi connectivity index (χ1n) is 8.15. The number of carbonyl (C=O) groups is 1. The summed E-state index contributed by atoms with van der Waals surface area (Å²) in [7, 11) is 0. The van der Waals surface area contributed by atoms with Gasteiger partial charge in [-0.2, -0.15) is 4.98 Å². The fraction of sp³-hybridized carbons (Fsp3) is 0.353. The minimum Gasteiger partial charge on any atom is -0.338 e. The van der Waals surface area contributed by atoms with E-state index in [-0.39, 0.29) is 11.8 Å². The fourth-order valence-corrected chi connectivity index (χ4v) is 3.77. The second-order valence-corrected chi connectivity index (χ2v) is 6.89. The van der Waals surface area contributed by atoms with E-state index in [1.165, 1.54) is 11.3 Å². The zero-order chi connectivity index (χ0) is 17.2. The Morgan fingerprint density at radius 1 is 1.36 bits per heavy atom. The van der Waals surface area contributed by atoms with Crippen molar-refractivity contribution in [1.82, 2.24) is 25.0 Å². The largest absolute Gasteiger partial charge is 0.338 e. The first-order valence-corrected chi connectivity index (χ1v) is 9.03. The molecule has 1 fully saturated rings. The van der Waals surface area contributed by atoms with Gasteiger partial charge in [-0.15, -0.1) is 11.3 Å². The summed E-state index contributed by atoms with van der Waals surface area (Å²) in [5, 5.41) is 4.12. The second-order valence-electron chi connectivity index (χ2n) is 6.03. The molecule has 25 heavy (non-hydrogen) atoms.